The third-order valence-corrected chi connectivity index (χ3v) is 6.56. The van der Waals surface area contributed by atoms with Crippen molar-refractivity contribution in [3.8, 4) is 0 Å². The Morgan fingerprint density at radius 1 is 1.19 bits per heavy atom. The molecule has 1 N–H and O–H groups in total. The molecule has 0 amide bonds. The molecule has 1 spiro atoms. The van der Waals surface area contributed by atoms with Gasteiger partial charge in [-0.1, -0.05) is 18.6 Å². The Bertz CT molecular complexity index is 653. The number of benzene rings is 1. The first-order chi connectivity index (χ1) is 13.2. The van der Waals surface area contributed by atoms with E-state index in [-0.39, 0.29) is 11.9 Å². The molecule has 4 rings (SSSR count). The summed E-state index contributed by atoms with van der Waals surface area (Å²) in [7, 11) is 1.87. The van der Waals surface area contributed by atoms with Crippen LogP contribution in [0.15, 0.2) is 29.3 Å². The van der Waals surface area contributed by atoms with E-state index in [4.69, 9.17) is 4.74 Å². The van der Waals surface area contributed by atoms with Crippen LogP contribution in [0.3, 0.4) is 0 Å². The minimum atomic E-state index is -0.189. The van der Waals surface area contributed by atoms with Crippen LogP contribution in [0.4, 0.5) is 4.39 Å². The summed E-state index contributed by atoms with van der Waals surface area (Å²) in [6, 6.07) is 7.10. The number of likely N-dealkylation sites (tertiary alicyclic amines) is 1. The Morgan fingerprint density at radius 3 is 2.52 bits per heavy atom. The fourth-order valence-corrected chi connectivity index (χ4v) is 4.75. The molecule has 5 nitrogen and oxygen atoms in total. The first-order valence-corrected chi connectivity index (χ1v) is 10.2. The van der Waals surface area contributed by atoms with Gasteiger partial charge in [-0.2, -0.15) is 0 Å². The highest BCUT2D eigenvalue weighted by Gasteiger charge is 2.43. The Morgan fingerprint density at radius 2 is 1.93 bits per heavy atom. The van der Waals surface area contributed by atoms with Crippen molar-refractivity contribution in [2.75, 3.05) is 53.0 Å². The minimum absolute atomic E-state index is 0.187. The van der Waals surface area contributed by atoms with Gasteiger partial charge < -0.3 is 15.0 Å². The van der Waals surface area contributed by atoms with Gasteiger partial charge in [0.15, 0.2) is 5.96 Å². The molecule has 0 bridgehead atoms. The molecule has 1 atom stereocenters. The normalized spacial score (nSPS) is 24.1. The number of guanidine groups is 1. The van der Waals surface area contributed by atoms with Gasteiger partial charge in [0.05, 0.1) is 19.3 Å². The standard InChI is InChI=1S/C21H31FN4O/c1-23-20(26-10-9-21(16-26)7-2-8-21)24-15-19(25-11-13-27-14-12-25)17-3-5-18(22)6-4-17/h3-6,19H,2,7-16H2,1H3,(H,23,24). The number of aliphatic imine (C=N–C) groups is 1. The Balaban J connectivity index is 1.43. The van der Waals surface area contributed by atoms with Crippen LogP contribution in [0, 0.1) is 11.2 Å². The number of hydrogen-bond donors (Lipinski definition) is 1. The smallest absolute Gasteiger partial charge is 0.193 e. The van der Waals surface area contributed by atoms with Crippen LogP contribution in [-0.4, -0.2) is 68.7 Å². The minimum Gasteiger partial charge on any atom is -0.379 e. The average molecular weight is 375 g/mol. The summed E-state index contributed by atoms with van der Waals surface area (Å²) in [5, 5.41) is 3.61. The van der Waals surface area contributed by atoms with Crippen molar-refractivity contribution in [2.24, 2.45) is 10.4 Å². The molecule has 1 saturated carbocycles. The van der Waals surface area contributed by atoms with Crippen molar-refractivity contribution in [1.29, 1.82) is 0 Å². The number of hydrogen-bond acceptors (Lipinski definition) is 3. The number of rotatable bonds is 4. The Labute approximate surface area is 161 Å². The Kier molecular flexibility index (Phi) is 5.64. The zero-order valence-electron chi connectivity index (χ0n) is 16.3. The SMILES string of the molecule is CN=C(NCC(c1ccc(F)cc1)N1CCOCC1)N1CCC2(CCC2)C1. The number of morpholine rings is 1. The summed E-state index contributed by atoms with van der Waals surface area (Å²) in [4.78, 5) is 9.39. The predicted molar refractivity (Wildman–Crippen MR) is 105 cm³/mol. The second-order valence-electron chi connectivity index (χ2n) is 8.17. The molecular formula is C21H31FN4O. The van der Waals surface area contributed by atoms with E-state index in [0.717, 1.165) is 57.5 Å². The second-order valence-corrected chi connectivity index (χ2v) is 8.17. The average Bonchev–Trinajstić information content (AvgIpc) is 3.13. The van der Waals surface area contributed by atoms with Crippen LogP contribution in [0.25, 0.3) is 0 Å². The highest BCUT2D eigenvalue weighted by molar-refractivity contribution is 5.80. The third-order valence-electron chi connectivity index (χ3n) is 6.56. The molecule has 1 aromatic carbocycles. The summed E-state index contributed by atoms with van der Waals surface area (Å²) >= 11 is 0. The summed E-state index contributed by atoms with van der Waals surface area (Å²) in [6.45, 7) is 6.29. The molecule has 0 radical (unpaired) electrons. The lowest BCUT2D eigenvalue weighted by Gasteiger charge is -2.38. The van der Waals surface area contributed by atoms with Crippen LogP contribution in [0.5, 0.6) is 0 Å². The highest BCUT2D eigenvalue weighted by atomic mass is 19.1. The lowest BCUT2D eigenvalue weighted by atomic mass is 9.68. The topological polar surface area (TPSA) is 40.1 Å². The zero-order valence-corrected chi connectivity index (χ0v) is 16.3. The molecule has 148 valence electrons. The van der Waals surface area contributed by atoms with Crippen LogP contribution in [0.2, 0.25) is 0 Å². The molecule has 2 aliphatic heterocycles. The van der Waals surface area contributed by atoms with Gasteiger partial charge in [-0.05, 0) is 42.4 Å². The molecule has 0 aromatic heterocycles. The molecule has 1 aromatic rings. The molecule has 6 heteroatoms. The van der Waals surface area contributed by atoms with Gasteiger partial charge >= 0.3 is 0 Å². The second kappa shape index (κ2) is 8.15. The molecule has 2 saturated heterocycles. The van der Waals surface area contributed by atoms with Crippen molar-refractivity contribution in [1.82, 2.24) is 15.1 Å². The van der Waals surface area contributed by atoms with E-state index in [0.29, 0.717) is 5.41 Å². The molecule has 3 aliphatic rings. The molecular weight excluding hydrogens is 343 g/mol. The maximum absolute atomic E-state index is 13.4. The molecule has 27 heavy (non-hydrogen) atoms. The van der Waals surface area contributed by atoms with E-state index in [1.54, 1.807) is 12.1 Å². The van der Waals surface area contributed by atoms with Crippen molar-refractivity contribution >= 4 is 5.96 Å². The summed E-state index contributed by atoms with van der Waals surface area (Å²) < 4.78 is 18.9. The Hall–Kier alpha value is -1.66. The van der Waals surface area contributed by atoms with Gasteiger partial charge in [0.2, 0.25) is 0 Å². The number of halogens is 1. The van der Waals surface area contributed by atoms with Crippen LogP contribution in [-0.2, 0) is 4.74 Å². The van der Waals surface area contributed by atoms with E-state index in [1.807, 2.05) is 19.2 Å². The van der Waals surface area contributed by atoms with Crippen molar-refractivity contribution in [2.45, 2.75) is 31.7 Å². The molecule has 3 fully saturated rings. The summed E-state index contributed by atoms with van der Waals surface area (Å²) in [6.07, 6.45) is 5.40. The van der Waals surface area contributed by atoms with Crippen LogP contribution in [0.1, 0.15) is 37.3 Å². The van der Waals surface area contributed by atoms with Gasteiger partial charge in [0.1, 0.15) is 5.82 Å². The van der Waals surface area contributed by atoms with Gasteiger partial charge in [-0.3, -0.25) is 9.89 Å². The fourth-order valence-electron chi connectivity index (χ4n) is 4.75. The quantitative estimate of drug-likeness (QED) is 0.650. The van der Waals surface area contributed by atoms with Crippen molar-refractivity contribution in [3.63, 3.8) is 0 Å². The maximum atomic E-state index is 13.4. The van der Waals surface area contributed by atoms with Crippen molar-refractivity contribution in [3.05, 3.63) is 35.6 Å². The van der Waals surface area contributed by atoms with E-state index >= 15 is 0 Å². The van der Waals surface area contributed by atoms with Gasteiger partial charge in [0, 0.05) is 39.8 Å². The number of ether oxygens (including phenoxy) is 1. The fraction of sp³-hybridized carbons (Fsp3) is 0.667. The lowest BCUT2D eigenvalue weighted by Crippen LogP contribution is -2.47. The monoisotopic (exact) mass is 374 g/mol. The molecule has 1 unspecified atom stereocenters. The lowest BCUT2D eigenvalue weighted by molar-refractivity contribution is 0.0168. The molecule has 1 aliphatic carbocycles. The van der Waals surface area contributed by atoms with E-state index in [2.05, 4.69) is 20.1 Å². The van der Waals surface area contributed by atoms with Gasteiger partial charge in [0.25, 0.3) is 0 Å². The summed E-state index contributed by atoms with van der Waals surface area (Å²) in [5.41, 5.74) is 1.69. The van der Waals surface area contributed by atoms with Gasteiger partial charge in [-0.15, -0.1) is 0 Å². The van der Waals surface area contributed by atoms with E-state index < -0.39 is 0 Å². The predicted octanol–water partition coefficient (Wildman–Crippen LogP) is 2.65. The van der Waals surface area contributed by atoms with Crippen molar-refractivity contribution < 1.29 is 9.13 Å². The molecule has 2 heterocycles. The maximum Gasteiger partial charge on any atom is 0.193 e. The highest BCUT2D eigenvalue weighted by Crippen LogP contribution is 2.47. The summed E-state index contributed by atoms with van der Waals surface area (Å²) in [5.74, 6) is 0.810. The van der Waals surface area contributed by atoms with E-state index in [9.17, 15) is 4.39 Å². The third kappa shape index (κ3) is 4.11. The largest absolute Gasteiger partial charge is 0.379 e. The first kappa shape index (κ1) is 18.7. The van der Waals surface area contributed by atoms with Crippen LogP contribution < -0.4 is 5.32 Å². The number of nitrogens with zero attached hydrogens (tertiary/aromatic N) is 3. The van der Waals surface area contributed by atoms with Gasteiger partial charge in [-0.25, -0.2) is 4.39 Å². The zero-order chi connectivity index (χ0) is 18.7. The number of nitrogens with one attached hydrogen (secondary N) is 1. The first-order valence-electron chi connectivity index (χ1n) is 10.2. The van der Waals surface area contributed by atoms with Crippen LogP contribution >= 0.6 is 0 Å². The van der Waals surface area contributed by atoms with E-state index in [1.165, 1.54) is 25.7 Å².